The number of ether oxygens (including phenoxy) is 1. The van der Waals surface area contributed by atoms with Crippen LogP contribution >= 0.6 is 0 Å². The monoisotopic (exact) mass is 455 g/mol. The van der Waals surface area contributed by atoms with Crippen LogP contribution in [0, 0.1) is 17.5 Å². The Kier molecular flexibility index (Phi) is 5.93. The van der Waals surface area contributed by atoms with Gasteiger partial charge in [-0.15, -0.1) is 0 Å². The molecule has 0 saturated heterocycles. The summed E-state index contributed by atoms with van der Waals surface area (Å²) in [5.74, 6) is -4.76. The summed E-state index contributed by atoms with van der Waals surface area (Å²) in [5.41, 5.74) is 0.840. The maximum Gasteiger partial charge on any atom is 0.256 e. The minimum Gasteiger partial charge on any atom is -0.509 e. The molecule has 1 saturated carbocycles. The van der Waals surface area contributed by atoms with Gasteiger partial charge in [-0.3, -0.25) is 4.79 Å². The zero-order valence-corrected chi connectivity index (χ0v) is 18.2. The fraction of sp³-hybridized carbons (Fsp3) is 0.269. The number of carbonyl (C=O) groups excluding carboxylic acids is 1. The summed E-state index contributed by atoms with van der Waals surface area (Å²) in [4.78, 5) is 13.1. The summed E-state index contributed by atoms with van der Waals surface area (Å²) >= 11 is 0. The molecule has 33 heavy (non-hydrogen) atoms. The highest BCUT2D eigenvalue weighted by Crippen LogP contribution is 2.45. The van der Waals surface area contributed by atoms with E-state index in [1.165, 1.54) is 12.2 Å². The van der Waals surface area contributed by atoms with Crippen molar-refractivity contribution < 1.29 is 27.8 Å². The van der Waals surface area contributed by atoms with Gasteiger partial charge in [0.1, 0.15) is 5.76 Å². The van der Waals surface area contributed by atoms with E-state index in [0.29, 0.717) is 47.9 Å². The van der Waals surface area contributed by atoms with Crippen molar-refractivity contribution in [1.29, 1.82) is 0 Å². The normalized spacial score (nSPS) is 22.5. The van der Waals surface area contributed by atoms with Crippen molar-refractivity contribution >= 4 is 23.6 Å². The largest absolute Gasteiger partial charge is 0.509 e. The first-order chi connectivity index (χ1) is 15.8. The second-order valence-electron chi connectivity index (χ2n) is 8.35. The molecular formula is C26H24F3NO3. The third kappa shape index (κ3) is 3.66. The number of carbonyl (C=O) groups is 1. The highest BCUT2D eigenvalue weighted by Gasteiger charge is 2.48. The fourth-order valence-corrected chi connectivity index (χ4v) is 4.86. The van der Waals surface area contributed by atoms with Crippen LogP contribution in [-0.2, 0) is 9.53 Å². The molecule has 2 aliphatic rings. The lowest BCUT2D eigenvalue weighted by Gasteiger charge is -2.36. The zero-order chi connectivity index (χ0) is 23.9. The van der Waals surface area contributed by atoms with E-state index in [4.69, 9.17) is 4.74 Å². The number of hydrogen-bond acceptors (Lipinski definition) is 3. The van der Waals surface area contributed by atoms with Crippen molar-refractivity contribution in [2.45, 2.75) is 37.3 Å². The molecule has 2 aromatic rings. The van der Waals surface area contributed by atoms with Crippen molar-refractivity contribution in [1.82, 2.24) is 5.32 Å². The van der Waals surface area contributed by atoms with E-state index in [-0.39, 0.29) is 23.0 Å². The number of methoxy groups -OCH3 is 1. The van der Waals surface area contributed by atoms with Gasteiger partial charge in [-0.1, -0.05) is 37.4 Å². The van der Waals surface area contributed by atoms with Gasteiger partial charge in [0.15, 0.2) is 17.5 Å². The van der Waals surface area contributed by atoms with Crippen LogP contribution in [0.15, 0.2) is 43.2 Å². The summed E-state index contributed by atoms with van der Waals surface area (Å²) in [6.45, 7) is 7.61. The van der Waals surface area contributed by atoms with Gasteiger partial charge in [0, 0.05) is 12.7 Å². The van der Waals surface area contributed by atoms with E-state index in [9.17, 15) is 23.1 Å². The van der Waals surface area contributed by atoms with Crippen molar-refractivity contribution in [2.24, 2.45) is 0 Å². The number of hydrogen-bond donors (Lipinski definition) is 2. The molecule has 7 heteroatoms. The molecule has 1 spiro atoms. The van der Waals surface area contributed by atoms with Crippen LogP contribution in [0.3, 0.4) is 0 Å². The summed E-state index contributed by atoms with van der Waals surface area (Å²) in [6.07, 6.45) is 5.38. The standard InChI is InChI=1S/C26H24F3NO3/c1-4-14-6-7-18(15-12-19(27)23(29)20(28)13-15)17(5-2)21(14)22-24(31)26(30-25(22)32)10-8-16(33-3)9-11-26/h4-7,12-13,16,31H,1-2,8-11H2,3H3,(H,30,32). The van der Waals surface area contributed by atoms with Gasteiger partial charge in [0.2, 0.25) is 0 Å². The summed E-state index contributed by atoms with van der Waals surface area (Å²) in [7, 11) is 1.64. The Bertz CT molecular complexity index is 1170. The summed E-state index contributed by atoms with van der Waals surface area (Å²) in [6, 6.07) is 4.99. The molecule has 0 aromatic heterocycles. The topological polar surface area (TPSA) is 58.6 Å². The minimum absolute atomic E-state index is 0.0587. The van der Waals surface area contributed by atoms with E-state index in [1.807, 2.05) is 0 Å². The highest BCUT2D eigenvalue weighted by atomic mass is 19.2. The third-order valence-corrected chi connectivity index (χ3v) is 6.64. The first-order valence-electron chi connectivity index (χ1n) is 10.6. The Morgan fingerprint density at radius 3 is 2.30 bits per heavy atom. The van der Waals surface area contributed by atoms with Crippen molar-refractivity contribution in [3.8, 4) is 11.1 Å². The maximum atomic E-state index is 14.0. The molecular weight excluding hydrogens is 431 g/mol. The first kappa shape index (κ1) is 22.9. The molecule has 1 aliphatic carbocycles. The number of rotatable bonds is 5. The van der Waals surface area contributed by atoms with Gasteiger partial charge in [-0.2, -0.15) is 0 Å². The average molecular weight is 455 g/mol. The second kappa shape index (κ2) is 8.56. The van der Waals surface area contributed by atoms with Gasteiger partial charge in [-0.05, 0) is 60.1 Å². The second-order valence-corrected chi connectivity index (χ2v) is 8.35. The van der Waals surface area contributed by atoms with Crippen LogP contribution in [0.4, 0.5) is 13.2 Å². The Morgan fingerprint density at radius 1 is 1.12 bits per heavy atom. The third-order valence-electron chi connectivity index (χ3n) is 6.64. The molecule has 1 fully saturated rings. The number of aliphatic hydroxyl groups is 1. The van der Waals surface area contributed by atoms with Gasteiger partial charge in [0.25, 0.3) is 5.91 Å². The fourth-order valence-electron chi connectivity index (χ4n) is 4.86. The van der Waals surface area contributed by atoms with Gasteiger partial charge < -0.3 is 15.2 Å². The van der Waals surface area contributed by atoms with Gasteiger partial charge >= 0.3 is 0 Å². The molecule has 1 heterocycles. The SMILES string of the molecule is C=Cc1ccc(-c2cc(F)c(F)c(F)c2)c(C=C)c1C1=C(O)C2(CCC(OC)CC2)NC1=O. The Balaban J connectivity index is 1.92. The Hall–Kier alpha value is -3.32. The van der Waals surface area contributed by atoms with E-state index in [2.05, 4.69) is 18.5 Å². The molecule has 4 nitrogen and oxygen atoms in total. The number of halogens is 3. The van der Waals surface area contributed by atoms with Crippen LogP contribution < -0.4 is 5.32 Å². The molecule has 0 unspecified atom stereocenters. The predicted octanol–water partition coefficient (Wildman–Crippen LogP) is 5.78. The summed E-state index contributed by atoms with van der Waals surface area (Å²) in [5, 5.41) is 14.2. The lowest BCUT2D eigenvalue weighted by Crippen LogP contribution is -2.48. The zero-order valence-electron chi connectivity index (χ0n) is 18.2. The van der Waals surface area contributed by atoms with Crippen LogP contribution in [0.1, 0.15) is 42.4 Å². The minimum atomic E-state index is -1.56. The maximum absolute atomic E-state index is 14.0. The molecule has 172 valence electrons. The quantitative estimate of drug-likeness (QED) is 0.562. The van der Waals surface area contributed by atoms with Crippen molar-refractivity contribution in [3.63, 3.8) is 0 Å². The van der Waals surface area contributed by atoms with E-state index in [1.54, 1.807) is 19.2 Å². The molecule has 1 aliphatic heterocycles. The Morgan fingerprint density at radius 2 is 1.76 bits per heavy atom. The number of aliphatic hydroxyl groups excluding tert-OH is 1. The molecule has 4 rings (SSSR count). The lowest BCUT2D eigenvalue weighted by atomic mass is 9.78. The number of nitrogens with one attached hydrogen (secondary N) is 1. The van der Waals surface area contributed by atoms with Crippen LogP contribution in [0.5, 0.6) is 0 Å². The first-order valence-corrected chi connectivity index (χ1v) is 10.6. The lowest BCUT2D eigenvalue weighted by molar-refractivity contribution is -0.116. The smallest absolute Gasteiger partial charge is 0.256 e. The molecule has 0 bridgehead atoms. The predicted molar refractivity (Wildman–Crippen MR) is 122 cm³/mol. The van der Waals surface area contributed by atoms with Crippen LogP contribution in [0.25, 0.3) is 28.9 Å². The Labute approximate surface area is 190 Å². The number of amides is 1. The van der Waals surface area contributed by atoms with Crippen LogP contribution in [0.2, 0.25) is 0 Å². The van der Waals surface area contributed by atoms with E-state index >= 15 is 0 Å². The molecule has 2 N–H and O–H groups in total. The van der Waals surface area contributed by atoms with Crippen LogP contribution in [-0.4, -0.2) is 29.8 Å². The van der Waals surface area contributed by atoms with Gasteiger partial charge in [0.05, 0.1) is 17.2 Å². The van der Waals surface area contributed by atoms with Crippen molar-refractivity contribution in [2.75, 3.05) is 7.11 Å². The average Bonchev–Trinajstić information content (AvgIpc) is 3.05. The number of benzene rings is 2. The molecule has 1 amide bonds. The summed E-state index contributed by atoms with van der Waals surface area (Å²) < 4.78 is 46.8. The van der Waals surface area contributed by atoms with Gasteiger partial charge in [-0.25, -0.2) is 13.2 Å². The molecule has 0 radical (unpaired) electrons. The van der Waals surface area contributed by atoms with E-state index < -0.39 is 28.9 Å². The van der Waals surface area contributed by atoms with Crippen molar-refractivity contribution in [3.05, 3.63) is 77.3 Å². The molecule has 0 atom stereocenters. The van der Waals surface area contributed by atoms with E-state index in [0.717, 1.165) is 12.1 Å². The highest BCUT2D eigenvalue weighted by molar-refractivity contribution is 6.25. The molecule has 2 aromatic carbocycles.